The summed E-state index contributed by atoms with van der Waals surface area (Å²) < 4.78 is 0. The Hall–Kier alpha value is -2.20. The van der Waals surface area contributed by atoms with Crippen LogP contribution in [0.2, 0.25) is 0 Å². The highest BCUT2D eigenvalue weighted by atomic mass is 16.4. The first-order valence-corrected chi connectivity index (χ1v) is 5.43. The molecule has 2 unspecified atom stereocenters. The second-order valence-corrected chi connectivity index (χ2v) is 3.65. The molecule has 0 saturated heterocycles. The molecule has 0 amide bonds. The number of nitrogens with two attached hydrogens (primary N) is 1. The van der Waals surface area contributed by atoms with E-state index in [1.807, 2.05) is 0 Å². The van der Waals surface area contributed by atoms with E-state index in [0.29, 0.717) is 0 Å². The Morgan fingerprint density at radius 2 is 1.50 bits per heavy atom. The Morgan fingerprint density at radius 3 is 1.70 bits per heavy atom. The summed E-state index contributed by atoms with van der Waals surface area (Å²) in [5.74, 6) is -4.47. The Kier molecular flexibility index (Phi) is 10.8. The fourth-order valence-electron chi connectivity index (χ4n) is 0.890. The van der Waals surface area contributed by atoms with Gasteiger partial charge in [0, 0.05) is 6.42 Å². The van der Waals surface area contributed by atoms with Gasteiger partial charge in [0.2, 0.25) is 0 Å². The summed E-state index contributed by atoms with van der Waals surface area (Å²) in [6, 6.07) is -2.05. The molecule has 0 aliphatic heterocycles. The maximum absolute atomic E-state index is 10.1. The lowest BCUT2D eigenvalue weighted by molar-refractivity contribution is -0.145. The number of hydrogen-bond acceptors (Lipinski definition) is 6. The van der Waals surface area contributed by atoms with Gasteiger partial charge < -0.3 is 31.5 Å². The maximum atomic E-state index is 10.1. The van der Waals surface area contributed by atoms with E-state index < -0.39 is 42.4 Å². The highest BCUT2D eigenvalue weighted by Crippen LogP contribution is 1.93. The van der Waals surface area contributed by atoms with Crippen molar-refractivity contribution in [1.82, 2.24) is 5.32 Å². The van der Waals surface area contributed by atoms with Gasteiger partial charge in [-0.1, -0.05) is 0 Å². The summed E-state index contributed by atoms with van der Waals surface area (Å²) >= 11 is 0. The molecule has 0 rings (SSSR count). The van der Waals surface area contributed by atoms with Crippen LogP contribution in [0.25, 0.3) is 0 Å². The van der Waals surface area contributed by atoms with Crippen LogP contribution in [-0.2, 0) is 19.2 Å². The fraction of sp³-hybridized carbons (Fsp3) is 0.600. The molecule has 0 spiro atoms. The van der Waals surface area contributed by atoms with Crippen LogP contribution < -0.4 is 11.1 Å². The summed E-state index contributed by atoms with van der Waals surface area (Å²) in [6.45, 7) is 0. The SMILES string of the molecule is CNC(CC(=O)O)C(=O)O.NC(CCC(=O)O)C(=O)O. The van der Waals surface area contributed by atoms with Gasteiger partial charge in [0.1, 0.15) is 12.1 Å². The molecule has 20 heavy (non-hydrogen) atoms. The third-order valence-corrected chi connectivity index (χ3v) is 2.01. The first kappa shape index (κ1) is 20.1. The molecule has 0 aromatic heterocycles. The molecule has 0 saturated carbocycles. The Balaban J connectivity index is 0. The van der Waals surface area contributed by atoms with Crippen LogP contribution >= 0.6 is 0 Å². The Bertz CT molecular complexity index is 357. The van der Waals surface area contributed by atoms with Crippen LogP contribution in [0.15, 0.2) is 0 Å². The van der Waals surface area contributed by atoms with Crippen LogP contribution in [-0.4, -0.2) is 63.4 Å². The molecule has 7 N–H and O–H groups in total. The Labute approximate surface area is 114 Å². The predicted molar refractivity (Wildman–Crippen MR) is 65.2 cm³/mol. The van der Waals surface area contributed by atoms with Crippen molar-refractivity contribution < 1.29 is 39.6 Å². The number of likely N-dealkylation sites (N-methyl/N-ethyl adjacent to an activating group) is 1. The van der Waals surface area contributed by atoms with Crippen molar-refractivity contribution in [1.29, 1.82) is 0 Å². The lowest BCUT2D eigenvalue weighted by atomic mass is 10.2. The molecule has 10 heteroatoms. The summed E-state index contributed by atoms with van der Waals surface area (Å²) in [6.07, 6.45) is -0.621. The van der Waals surface area contributed by atoms with Gasteiger partial charge in [-0.15, -0.1) is 0 Å². The van der Waals surface area contributed by atoms with Gasteiger partial charge in [-0.05, 0) is 13.5 Å². The van der Waals surface area contributed by atoms with Crippen molar-refractivity contribution in [3.63, 3.8) is 0 Å². The van der Waals surface area contributed by atoms with E-state index in [0.717, 1.165) is 0 Å². The minimum atomic E-state index is -1.17. The van der Waals surface area contributed by atoms with Crippen LogP contribution in [0.4, 0.5) is 0 Å². The van der Waals surface area contributed by atoms with E-state index in [-0.39, 0.29) is 12.8 Å². The summed E-state index contributed by atoms with van der Waals surface area (Å²) in [5, 5.41) is 35.1. The molecule has 0 aromatic carbocycles. The molecule has 0 radical (unpaired) electrons. The topological polar surface area (TPSA) is 187 Å². The van der Waals surface area contributed by atoms with Crippen LogP contribution in [0.3, 0.4) is 0 Å². The number of rotatable bonds is 8. The number of carbonyl (C=O) groups is 4. The molecular weight excluding hydrogens is 276 g/mol. The number of nitrogens with one attached hydrogen (secondary N) is 1. The molecule has 0 bridgehead atoms. The zero-order valence-electron chi connectivity index (χ0n) is 10.8. The van der Waals surface area contributed by atoms with E-state index in [1.165, 1.54) is 7.05 Å². The highest BCUT2D eigenvalue weighted by Gasteiger charge is 2.17. The largest absolute Gasteiger partial charge is 0.481 e. The van der Waals surface area contributed by atoms with E-state index >= 15 is 0 Å². The van der Waals surface area contributed by atoms with Crippen molar-refractivity contribution in [2.45, 2.75) is 31.3 Å². The van der Waals surface area contributed by atoms with E-state index in [4.69, 9.17) is 26.2 Å². The van der Waals surface area contributed by atoms with Crippen LogP contribution in [0.5, 0.6) is 0 Å². The van der Waals surface area contributed by atoms with Gasteiger partial charge in [0.05, 0.1) is 6.42 Å². The van der Waals surface area contributed by atoms with Crippen molar-refractivity contribution in [3.05, 3.63) is 0 Å². The minimum Gasteiger partial charge on any atom is -0.481 e. The molecular formula is C10H18N2O8. The van der Waals surface area contributed by atoms with E-state index in [9.17, 15) is 19.2 Å². The third kappa shape index (κ3) is 12.3. The second-order valence-electron chi connectivity index (χ2n) is 3.65. The molecule has 0 fully saturated rings. The molecule has 0 aliphatic rings. The first-order chi connectivity index (χ1) is 9.11. The maximum Gasteiger partial charge on any atom is 0.321 e. The molecule has 2 atom stereocenters. The molecule has 0 aromatic rings. The molecule has 0 aliphatic carbocycles. The predicted octanol–water partition coefficient (Wildman–Crippen LogP) is -1.60. The van der Waals surface area contributed by atoms with Crippen molar-refractivity contribution in [2.75, 3.05) is 7.05 Å². The number of aliphatic carboxylic acids is 4. The summed E-state index contributed by atoms with van der Waals surface area (Å²) in [4.78, 5) is 40.0. The lowest BCUT2D eigenvalue weighted by Crippen LogP contribution is -2.35. The van der Waals surface area contributed by atoms with Crippen molar-refractivity contribution in [3.8, 4) is 0 Å². The first-order valence-electron chi connectivity index (χ1n) is 5.43. The summed E-state index contributed by atoms with van der Waals surface area (Å²) in [7, 11) is 1.40. The zero-order valence-corrected chi connectivity index (χ0v) is 10.8. The van der Waals surface area contributed by atoms with Crippen molar-refractivity contribution in [2.24, 2.45) is 5.73 Å². The monoisotopic (exact) mass is 294 g/mol. The third-order valence-electron chi connectivity index (χ3n) is 2.01. The molecule has 0 heterocycles. The van der Waals surface area contributed by atoms with Gasteiger partial charge in [0.25, 0.3) is 0 Å². The average Bonchev–Trinajstić information content (AvgIpc) is 2.32. The van der Waals surface area contributed by atoms with Gasteiger partial charge in [-0.25, -0.2) is 0 Å². The van der Waals surface area contributed by atoms with Crippen LogP contribution in [0.1, 0.15) is 19.3 Å². The standard InChI is InChI=1S/2C5H9NO4/c1-6-3(5(9)10)2-4(7)8;6-3(5(9)10)1-2-4(7)8/h3,6H,2H2,1H3,(H,7,8)(H,9,10);3H,1-2,6H2,(H,7,8)(H,9,10). The molecule has 10 nitrogen and oxygen atoms in total. The smallest absolute Gasteiger partial charge is 0.321 e. The normalized spacial score (nSPS) is 12.5. The minimum absolute atomic E-state index is 0.0231. The van der Waals surface area contributed by atoms with Gasteiger partial charge in [-0.2, -0.15) is 0 Å². The van der Waals surface area contributed by atoms with E-state index in [2.05, 4.69) is 5.32 Å². The van der Waals surface area contributed by atoms with Gasteiger partial charge in [-0.3, -0.25) is 19.2 Å². The quantitative estimate of drug-likeness (QED) is 0.304. The average molecular weight is 294 g/mol. The van der Waals surface area contributed by atoms with E-state index in [1.54, 1.807) is 0 Å². The fourth-order valence-corrected chi connectivity index (χ4v) is 0.890. The van der Waals surface area contributed by atoms with Gasteiger partial charge >= 0.3 is 23.9 Å². The van der Waals surface area contributed by atoms with Crippen molar-refractivity contribution >= 4 is 23.9 Å². The zero-order chi connectivity index (χ0) is 16.3. The number of hydrogen-bond donors (Lipinski definition) is 6. The highest BCUT2D eigenvalue weighted by molar-refractivity contribution is 5.80. The molecule has 116 valence electrons. The van der Waals surface area contributed by atoms with Gasteiger partial charge in [0.15, 0.2) is 0 Å². The van der Waals surface area contributed by atoms with Crippen LogP contribution in [0, 0.1) is 0 Å². The number of carboxylic acids is 4. The number of carboxylic acid groups (broad SMARTS) is 4. The summed E-state index contributed by atoms with van der Waals surface area (Å²) in [5.41, 5.74) is 5.00. The second kappa shape index (κ2) is 10.7. The Morgan fingerprint density at radius 1 is 1.00 bits per heavy atom. The lowest BCUT2D eigenvalue weighted by Gasteiger charge is -2.06.